The van der Waals surface area contributed by atoms with E-state index in [1.54, 1.807) is 0 Å². The summed E-state index contributed by atoms with van der Waals surface area (Å²) in [6, 6.07) is 3.93. The van der Waals surface area contributed by atoms with Crippen LogP contribution in [0.5, 0.6) is 0 Å². The van der Waals surface area contributed by atoms with Gasteiger partial charge in [0.25, 0.3) is 0 Å². The molecule has 0 amide bonds. The SMILES string of the molecule is CC(F)C(O)C(F)C(C)(CF)c1ccccc1C(F)(F)F. The maximum absolute atomic E-state index is 14.3. The van der Waals surface area contributed by atoms with Gasteiger partial charge in [0.1, 0.15) is 25.1 Å². The molecule has 0 aromatic heterocycles. The minimum Gasteiger partial charge on any atom is -0.387 e. The van der Waals surface area contributed by atoms with E-state index in [2.05, 4.69) is 0 Å². The molecule has 1 N–H and O–H groups in total. The first kappa shape index (κ1) is 17.8. The third kappa shape index (κ3) is 3.51. The molecule has 0 radical (unpaired) electrons. The van der Waals surface area contributed by atoms with Gasteiger partial charge in [-0.2, -0.15) is 13.2 Å². The van der Waals surface area contributed by atoms with Crippen molar-refractivity contribution >= 4 is 0 Å². The molecule has 0 bridgehead atoms. The molecular formula is C14H16F6O. The Kier molecular flexibility index (Phi) is 5.30. The lowest BCUT2D eigenvalue weighted by Crippen LogP contribution is -2.47. The van der Waals surface area contributed by atoms with Gasteiger partial charge in [-0.15, -0.1) is 0 Å². The van der Waals surface area contributed by atoms with Gasteiger partial charge in [-0.25, -0.2) is 8.78 Å². The number of hydrogen-bond acceptors (Lipinski definition) is 1. The molecular weight excluding hydrogens is 298 g/mol. The van der Waals surface area contributed by atoms with Gasteiger partial charge in [0.05, 0.1) is 11.0 Å². The van der Waals surface area contributed by atoms with Crippen molar-refractivity contribution in [2.24, 2.45) is 0 Å². The maximum Gasteiger partial charge on any atom is 0.416 e. The van der Waals surface area contributed by atoms with Gasteiger partial charge in [0.15, 0.2) is 0 Å². The number of halogens is 6. The highest BCUT2D eigenvalue weighted by molar-refractivity contribution is 5.37. The summed E-state index contributed by atoms with van der Waals surface area (Å²) in [5, 5.41) is 9.42. The molecule has 0 aliphatic carbocycles. The fourth-order valence-electron chi connectivity index (χ4n) is 2.13. The Morgan fingerprint density at radius 1 is 1.10 bits per heavy atom. The van der Waals surface area contributed by atoms with Crippen LogP contribution in [0.25, 0.3) is 0 Å². The molecule has 1 aromatic carbocycles. The number of hydrogen-bond donors (Lipinski definition) is 1. The predicted octanol–water partition coefficient (Wildman–Crippen LogP) is 3.99. The summed E-state index contributed by atoms with van der Waals surface area (Å²) in [5.74, 6) is 0. The number of aliphatic hydroxyl groups is 1. The zero-order chi connectivity index (χ0) is 16.4. The van der Waals surface area contributed by atoms with Crippen LogP contribution in [-0.4, -0.2) is 30.2 Å². The van der Waals surface area contributed by atoms with Crippen LogP contribution >= 0.6 is 0 Å². The third-order valence-electron chi connectivity index (χ3n) is 3.50. The third-order valence-corrected chi connectivity index (χ3v) is 3.50. The van der Waals surface area contributed by atoms with Crippen LogP contribution in [0.4, 0.5) is 26.3 Å². The number of benzene rings is 1. The molecule has 0 heterocycles. The summed E-state index contributed by atoms with van der Waals surface area (Å²) < 4.78 is 79.5. The maximum atomic E-state index is 14.3. The molecule has 21 heavy (non-hydrogen) atoms. The number of rotatable bonds is 5. The Bertz CT molecular complexity index is 473. The summed E-state index contributed by atoms with van der Waals surface area (Å²) in [6.45, 7) is 0.241. The Morgan fingerprint density at radius 2 is 1.57 bits per heavy atom. The van der Waals surface area contributed by atoms with Gasteiger partial charge >= 0.3 is 6.18 Å². The molecule has 0 aliphatic heterocycles. The largest absolute Gasteiger partial charge is 0.416 e. The van der Waals surface area contributed by atoms with Crippen molar-refractivity contribution in [1.82, 2.24) is 0 Å². The zero-order valence-electron chi connectivity index (χ0n) is 11.5. The molecule has 7 heteroatoms. The Hall–Kier alpha value is -1.24. The van der Waals surface area contributed by atoms with E-state index in [9.17, 15) is 31.4 Å². The van der Waals surface area contributed by atoms with Gasteiger partial charge in [0.2, 0.25) is 0 Å². The van der Waals surface area contributed by atoms with E-state index >= 15 is 0 Å². The lowest BCUT2D eigenvalue weighted by molar-refractivity contribution is -0.139. The average molecular weight is 314 g/mol. The standard InChI is InChI=1S/C14H16F6O/c1-8(16)11(21)12(17)13(2,7-15)9-5-3-4-6-10(9)14(18,19)20/h3-6,8,11-12,21H,7H2,1-2H3. The Balaban J connectivity index is 3.39. The highest BCUT2D eigenvalue weighted by atomic mass is 19.4. The fraction of sp³-hybridized carbons (Fsp3) is 0.571. The van der Waals surface area contributed by atoms with E-state index in [0.29, 0.717) is 6.07 Å². The van der Waals surface area contributed by atoms with Crippen LogP contribution in [0.3, 0.4) is 0 Å². The molecule has 1 aromatic rings. The van der Waals surface area contributed by atoms with Gasteiger partial charge < -0.3 is 5.11 Å². The monoisotopic (exact) mass is 314 g/mol. The summed E-state index contributed by atoms with van der Waals surface area (Å²) in [6.07, 6.45) is -11.6. The van der Waals surface area contributed by atoms with Crippen LogP contribution in [0.1, 0.15) is 25.0 Å². The second-order valence-corrected chi connectivity index (χ2v) is 5.16. The van der Waals surface area contributed by atoms with Crippen molar-refractivity contribution in [1.29, 1.82) is 0 Å². The highest BCUT2D eigenvalue weighted by Gasteiger charge is 2.47. The number of alkyl halides is 6. The number of aliphatic hydroxyl groups excluding tert-OH is 1. The van der Waals surface area contributed by atoms with Crippen molar-refractivity contribution in [2.75, 3.05) is 6.67 Å². The van der Waals surface area contributed by atoms with Crippen molar-refractivity contribution in [2.45, 2.75) is 43.9 Å². The van der Waals surface area contributed by atoms with E-state index in [1.165, 1.54) is 6.07 Å². The van der Waals surface area contributed by atoms with Crippen LogP contribution in [0.15, 0.2) is 24.3 Å². The topological polar surface area (TPSA) is 20.2 Å². The van der Waals surface area contributed by atoms with Crippen LogP contribution in [0, 0.1) is 0 Å². The van der Waals surface area contributed by atoms with Crippen LogP contribution in [0.2, 0.25) is 0 Å². The molecule has 0 saturated heterocycles. The first-order valence-corrected chi connectivity index (χ1v) is 6.24. The van der Waals surface area contributed by atoms with Crippen molar-refractivity contribution in [3.8, 4) is 0 Å². The van der Waals surface area contributed by atoms with Gasteiger partial charge in [-0.1, -0.05) is 25.1 Å². The Labute approximate surface area is 118 Å². The minimum atomic E-state index is -4.81. The van der Waals surface area contributed by atoms with E-state index in [1.807, 2.05) is 0 Å². The van der Waals surface area contributed by atoms with E-state index in [-0.39, 0.29) is 0 Å². The second kappa shape index (κ2) is 6.25. The summed E-state index contributed by atoms with van der Waals surface area (Å²) in [5.41, 5.74) is -4.15. The van der Waals surface area contributed by atoms with Gasteiger partial charge in [-0.05, 0) is 18.6 Å². The second-order valence-electron chi connectivity index (χ2n) is 5.16. The molecule has 4 atom stereocenters. The Morgan fingerprint density at radius 3 is 1.95 bits per heavy atom. The molecule has 0 aliphatic rings. The first-order valence-electron chi connectivity index (χ1n) is 6.24. The average Bonchev–Trinajstić information content (AvgIpc) is 2.43. The fourth-order valence-corrected chi connectivity index (χ4v) is 2.13. The molecule has 0 spiro atoms. The van der Waals surface area contributed by atoms with E-state index in [4.69, 9.17) is 0 Å². The van der Waals surface area contributed by atoms with Gasteiger partial charge in [-0.3, -0.25) is 4.39 Å². The minimum absolute atomic E-state index is 0.646. The van der Waals surface area contributed by atoms with Crippen molar-refractivity contribution in [3.05, 3.63) is 35.4 Å². The predicted molar refractivity (Wildman–Crippen MR) is 66.2 cm³/mol. The van der Waals surface area contributed by atoms with Crippen LogP contribution in [-0.2, 0) is 11.6 Å². The highest BCUT2D eigenvalue weighted by Crippen LogP contribution is 2.41. The van der Waals surface area contributed by atoms with Crippen molar-refractivity contribution in [3.63, 3.8) is 0 Å². The van der Waals surface area contributed by atoms with E-state index < -0.39 is 47.8 Å². The summed E-state index contributed by atoms with van der Waals surface area (Å²) in [7, 11) is 0. The lowest BCUT2D eigenvalue weighted by atomic mass is 9.74. The molecule has 0 fully saturated rings. The molecule has 0 saturated carbocycles. The molecule has 120 valence electrons. The quantitative estimate of drug-likeness (QED) is 0.815. The van der Waals surface area contributed by atoms with Crippen molar-refractivity contribution < 1.29 is 31.4 Å². The summed E-state index contributed by atoms with van der Waals surface area (Å²) in [4.78, 5) is 0. The van der Waals surface area contributed by atoms with E-state index in [0.717, 1.165) is 26.0 Å². The smallest absolute Gasteiger partial charge is 0.387 e. The molecule has 1 rings (SSSR count). The zero-order valence-corrected chi connectivity index (χ0v) is 11.5. The first-order chi connectivity index (χ1) is 9.55. The molecule has 1 nitrogen and oxygen atoms in total. The normalized spacial score (nSPS) is 19.7. The lowest BCUT2D eigenvalue weighted by Gasteiger charge is -2.35. The molecule has 4 unspecified atom stereocenters. The summed E-state index contributed by atoms with van der Waals surface area (Å²) >= 11 is 0. The van der Waals surface area contributed by atoms with Crippen LogP contribution < -0.4 is 0 Å². The van der Waals surface area contributed by atoms with Gasteiger partial charge in [0, 0.05) is 0 Å².